The van der Waals surface area contributed by atoms with E-state index in [4.69, 9.17) is 23.7 Å². The Bertz CT molecular complexity index is 5480. The lowest BCUT2D eigenvalue weighted by Gasteiger charge is -2.50. The van der Waals surface area contributed by atoms with Gasteiger partial charge in [-0.1, -0.05) is 131 Å². The molecule has 10 nitrogen and oxygen atoms in total. The zero-order chi connectivity index (χ0) is 84.7. The minimum Gasteiger partial charge on any atom is -0.492 e. The molecule has 123 heavy (non-hydrogen) atoms. The second kappa shape index (κ2) is 33.0. The first-order valence-corrected chi connectivity index (χ1v) is 48.4. The van der Waals surface area contributed by atoms with Gasteiger partial charge in [0.1, 0.15) is 86.4 Å². The fourth-order valence-electron chi connectivity index (χ4n) is 26.9. The van der Waals surface area contributed by atoms with E-state index < -0.39 is 0 Å². The fraction of sp³-hybridized carbons (Fsp3) is 0.513. The Labute approximate surface area is 736 Å². The lowest BCUT2D eigenvalue weighted by atomic mass is 9.64. The van der Waals surface area contributed by atoms with Gasteiger partial charge in [-0.05, 0) is 267 Å². The van der Waals surface area contributed by atoms with Gasteiger partial charge in [0, 0.05) is 116 Å². The molecule has 10 heterocycles. The molecule has 13 aliphatic rings. The molecule has 8 spiro atoms. The van der Waals surface area contributed by atoms with Gasteiger partial charge in [0.25, 0.3) is 0 Å². The molecule has 5 aromatic heterocycles. The number of benzene rings is 5. The van der Waals surface area contributed by atoms with Crippen LogP contribution in [-0.2, 0) is 62.3 Å². The Kier molecular flexibility index (Phi) is 22.4. The van der Waals surface area contributed by atoms with E-state index in [9.17, 15) is 0 Å². The molecule has 8 saturated carbocycles. The molecule has 0 amide bonds. The van der Waals surface area contributed by atoms with Gasteiger partial charge in [0.15, 0.2) is 31.0 Å². The normalized spacial score (nSPS) is 21.5. The quantitative estimate of drug-likeness (QED) is 0.161. The average Bonchev–Trinajstić information content (AvgIpc) is 1.59. The molecular formula is C113H140N5O5+5. The second-order valence-corrected chi connectivity index (χ2v) is 41.9. The van der Waals surface area contributed by atoms with Crippen molar-refractivity contribution in [1.82, 2.24) is 0 Å². The molecule has 0 atom stereocenters. The maximum atomic E-state index is 7.06. The minimum absolute atomic E-state index is 0.0749. The SMILES string of the molecule is Cc1ccc2c(c1-c1cccc[n+]1C)OC(C)(C)CC21CCCC1.Cc1ccc2c(c1-c1cccc[n+]1C)OC1(CC1)CC21CCCC1.Cc1ccc2c(c1-c1cccc[n+]1C)OC1(CCCC1)CC21CCCC1.Cc1ccc2c(c1-c1cccc[n+]1C)OC1(CCCCC1)CC21CCCC1.Cc1ccc2c(c1-c1cccc[n+]1C)OCCC21CCCC1. The minimum atomic E-state index is -0.104. The van der Waals surface area contributed by atoms with Crippen LogP contribution < -0.4 is 46.5 Å². The summed E-state index contributed by atoms with van der Waals surface area (Å²) >= 11 is 0. The topological polar surface area (TPSA) is 65.5 Å². The van der Waals surface area contributed by atoms with Crippen LogP contribution in [0.2, 0.25) is 0 Å². The Morgan fingerprint density at radius 3 is 0.748 bits per heavy atom. The summed E-state index contributed by atoms with van der Waals surface area (Å²) < 4.78 is 44.7. The molecule has 0 bridgehead atoms. The fourth-order valence-corrected chi connectivity index (χ4v) is 26.9. The monoisotopic (exact) mass is 1650 g/mol. The van der Waals surface area contributed by atoms with Gasteiger partial charge >= 0.3 is 0 Å². The van der Waals surface area contributed by atoms with Crippen LogP contribution in [0.4, 0.5) is 0 Å². The standard InChI is InChI=1S/C25H32NO.C24H30NO.C22H26NO.C22H28NO.C20H24NO/c1-19-11-12-20-23(22(19)21-10-4-9-17-26(21)2)27-25(15-5-3-6-16-25)18-24(20)13-7-8-14-24;1-18-10-11-19-22(21(18)20-9-3-8-16-25(20)2)26-24(14-6-7-15-24)17-23(19)12-4-5-13-23;1-16-8-9-17-20(19(16)18-7-3-6-14-23(18)2)24-22(12-13-22)15-21(17)10-4-5-11-21;1-16-10-11-17-20(19(16)18-9-5-8-14-23(18)4)24-21(2,3)15-22(17)12-6-7-13-22;1-15-8-9-16-19(18(15)17-7-3-6-13-21(17)2)22-14-12-20(16)10-4-5-11-20/h4,9-12,17H,3,5-8,13-16,18H2,1-2H3;3,8-11,16H,4-7,12-15,17H2,1-2H3;3,6-9,14H,4-5,10-13,15H2,1-2H3;5,8-11,14H,6-7,12-13,15H2,1-4H3;3,6-9,13H,4-5,10-12,14H2,1-2H3/q5*+1. The summed E-state index contributed by atoms with van der Waals surface area (Å²) in [4.78, 5) is 0. The van der Waals surface area contributed by atoms with Crippen molar-refractivity contribution in [3.05, 3.63) is 238 Å². The van der Waals surface area contributed by atoms with Crippen molar-refractivity contribution in [3.63, 3.8) is 0 Å². The van der Waals surface area contributed by atoms with Crippen LogP contribution in [0.1, 0.15) is 301 Å². The van der Waals surface area contributed by atoms with Crippen LogP contribution in [0.15, 0.2) is 183 Å². The summed E-state index contributed by atoms with van der Waals surface area (Å²) in [6, 6.07) is 55.6. The second-order valence-electron chi connectivity index (χ2n) is 41.9. The number of aromatic nitrogens is 5. The maximum Gasteiger partial charge on any atom is 0.216 e. The van der Waals surface area contributed by atoms with Crippen molar-refractivity contribution in [3.8, 4) is 85.0 Å². The van der Waals surface area contributed by atoms with E-state index >= 15 is 0 Å². The summed E-state index contributed by atoms with van der Waals surface area (Å²) in [7, 11) is 10.7. The smallest absolute Gasteiger partial charge is 0.216 e. The lowest BCUT2D eigenvalue weighted by molar-refractivity contribution is -0.660. The highest BCUT2D eigenvalue weighted by Gasteiger charge is 2.59. The predicted molar refractivity (Wildman–Crippen MR) is 494 cm³/mol. The molecule has 8 fully saturated rings. The van der Waals surface area contributed by atoms with E-state index in [-0.39, 0.29) is 22.4 Å². The van der Waals surface area contributed by atoms with Crippen LogP contribution in [0.3, 0.4) is 0 Å². The van der Waals surface area contributed by atoms with E-state index in [1.165, 1.54) is 354 Å². The van der Waals surface area contributed by atoms with Crippen molar-refractivity contribution in [1.29, 1.82) is 0 Å². The number of hydrogen-bond donors (Lipinski definition) is 0. The lowest BCUT2D eigenvalue weighted by Crippen LogP contribution is -2.48. The van der Waals surface area contributed by atoms with Gasteiger partial charge in [-0.25, -0.2) is 22.8 Å². The summed E-state index contributed by atoms with van der Waals surface area (Å²) in [5.74, 6) is 5.90. The molecule has 0 N–H and O–H groups in total. The molecule has 5 aliphatic heterocycles. The zero-order valence-electron chi connectivity index (χ0n) is 76.8. The molecule has 10 heteroatoms. The molecule has 5 aromatic carbocycles. The van der Waals surface area contributed by atoms with E-state index in [2.05, 4.69) is 289 Å². The predicted octanol–water partition coefficient (Wildman–Crippen LogP) is 24.7. The van der Waals surface area contributed by atoms with Crippen LogP contribution in [0.25, 0.3) is 56.3 Å². The molecule has 23 rings (SSSR count). The molecule has 0 unspecified atom stereocenters. The molecule has 8 aliphatic carbocycles. The van der Waals surface area contributed by atoms with Gasteiger partial charge < -0.3 is 23.7 Å². The molecule has 10 aromatic rings. The third-order valence-corrected chi connectivity index (χ3v) is 33.0. The van der Waals surface area contributed by atoms with Gasteiger partial charge in [0.05, 0.1) is 34.4 Å². The highest BCUT2D eigenvalue weighted by molar-refractivity contribution is 5.78. The average molecular weight is 1650 g/mol. The van der Waals surface area contributed by atoms with Gasteiger partial charge in [-0.2, -0.15) is 0 Å². The summed E-state index contributed by atoms with van der Waals surface area (Å²) in [5.41, 5.74) is 28.7. The zero-order valence-corrected chi connectivity index (χ0v) is 76.8. The van der Waals surface area contributed by atoms with E-state index in [1.807, 2.05) is 0 Å². The largest absolute Gasteiger partial charge is 0.492 e. The van der Waals surface area contributed by atoms with Crippen LogP contribution >= 0.6 is 0 Å². The number of pyridine rings is 5. The molecule has 0 radical (unpaired) electrons. The van der Waals surface area contributed by atoms with Crippen molar-refractivity contribution in [2.75, 3.05) is 6.61 Å². The Morgan fingerprint density at radius 1 is 0.228 bits per heavy atom. The van der Waals surface area contributed by atoms with E-state index in [0.29, 0.717) is 27.1 Å². The summed E-state index contributed by atoms with van der Waals surface area (Å²) in [5, 5.41) is 0. The number of rotatable bonds is 5. The number of fused-ring (bicyclic) bond motifs is 10. The summed E-state index contributed by atoms with van der Waals surface area (Å²) in [6.07, 6.45) is 57.8. The number of hydrogen-bond acceptors (Lipinski definition) is 5. The first kappa shape index (κ1) is 83.4. The van der Waals surface area contributed by atoms with Crippen molar-refractivity contribution < 1.29 is 46.5 Å². The Morgan fingerprint density at radius 2 is 0.463 bits per heavy atom. The molecule has 642 valence electrons. The maximum absolute atomic E-state index is 7.06. The molecular weight excluding hydrogens is 1510 g/mol. The van der Waals surface area contributed by atoms with Gasteiger partial charge in [-0.3, -0.25) is 0 Å². The Balaban J connectivity index is 0.000000101. The Hall–Kier alpha value is -9.15. The van der Waals surface area contributed by atoms with E-state index in [0.717, 1.165) is 24.5 Å². The summed E-state index contributed by atoms with van der Waals surface area (Å²) in [6.45, 7) is 16.5. The van der Waals surface area contributed by atoms with Crippen molar-refractivity contribution in [2.24, 2.45) is 35.2 Å². The van der Waals surface area contributed by atoms with Gasteiger partial charge in [-0.15, -0.1) is 0 Å². The first-order valence-electron chi connectivity index (χ1n) is 48.4. The number of aryl methyl sites for hydroxylation is 10. The van der Waals surface area contributed by atoms with E-state index in [1.54, 1.807) is 0 Å². The van der Waals surface area contributed by atoms with Gasteiger partial charge in [0.2, 0.25) is 28.5 Å². The van der Waals surface area contributed by atoms with Crippen molar-refractivity contribution in [2.45, 2.75) is 329 Å². The number of nitrogens with zero attached hydrogens (tertiary/aromatic N) is 5. The first-order chi connectivity index (χ1) is 59.5. The third kappa shape index (κ3) is 15.3. The third-order valence-electron chi connectivity index (χ3n) is 33.0. The van der Waals surface area contributed by atoms with Crippen LogP contribution in [0, 0.1) is 34.6 Å². The van der Waals surface area contributed by atoms with Crippen molar-refractivity contribution >= 4 is 0 Å². The molecule has 0 saturated heterocycles. The highest BCUT2D eigenvalue weighted by atomic mass is 16.5. The van der Waals surface area contributed by atoms with Crippen LogP contribution in [0.5, 0.6) is 28.7 Å². The number of ether oxygens (including phenoxy) is 5. The van der Waals surface area contributed by atoms with Crippen LogP contribution in [-0.4, -0.2) is 29.0 Å². The highest BCUT2D eigenvalue weighted by Crippen LogP contribution is 2.65.